The van der Waals surface area contributed by atoms with Crippen molar-refractivity contribution in [2.45, 2.75) is 32.8 Å². The van der Waals surface area contributed by atoms with E-state index < -0.39 is 23.4 Å². The number of aromatic nitrogens is 1. The van der Waals surface area contributed by atoms with Crippen LogP contribution in [0.5, 0.6) is 5.88 Å². The molecule has 1 heterocycles. The number of carbonyl (C=O) groups is 1. The SMILES string of the molecule is COC(=O)COc1ncc2c(c1C)CC(C(OS(=O)O)c1ccc(C)cc1)C2. The first-order valence-corrected chi connectivity index (χ1v) is 9.93. The Bertz CT molecular complexity index is 883. The Morgan fingerprint density at radius 3 is 2.64 bits per heavy atom. The second kappa shape index (κ2) is 8.81. The second-order valence-corrected chi connectivity index (χ2v) is 7.50. The molecule has 3 unspecified atom stereocenters. The number of methoxy groups -OCH3 is 1. The first-order valence-electron chi connectivity index (χ1n) is 8.90. The summed E-state index contributed by atoms with van der Waals surface area (Å²) in [6.45, 7) is 3.68. The number of esters is 1. The predicted octanol–water partition coefficient (Wildman–Crippen LogP) is 2.86. The molecule has 0 fully saturated rings. The molecule has 0 bridgehead atoms. The lowest BCUT2D eigenvalue weighted by molar-refractivity contribution is -0.143. The minimum atomic E-state index is -2.37. The summed E-state index contributed by atoms with van der Waals surface area (Å²) < 4.78 is 36.1. The average Bonchev–Trinajstić information content (AvgIpc) is 3.11. The summed E-state index contributed by atoms with van der Waals surface area (Å²) in [5.74, 6) is -0.0914. The maximum Gasteiger partial charge on any atom is 0.343 e. The Morgan fingerprint density at radius 1 is 1.29 bits per heavy atom. The van der Waals surface area contributed by atoms with Crippen LogP contribution in [0.15, 0.2) is 30.5 Å². The van der Waals surface area contributed by atoms with Gasteiger partial charge in [-0.05, 0) is 49.3 Å². The molecular weight excluding hydrogens is 382 g/mol. The Kier molecular flexibility index (Phi) is 6.43. The summed E-state index contributed by atoms with van der Waals surface area (Å²) >= 11 is -2.37. The van der Waals surface area contributed by atoms with Gasteiger partial charge in [-0.3, -0.25) is 8.74 Å². The van der Waals surface area contributed by atoms with Crippen molar-refractivity contribution in [1.82, 2.24) is 4.98 Å². The highest BCUT2D eigenvalue weighted by Gasteiger charge is 2.34. The quantitative estimate of drug-likeness (QED) is 0.559. The lowest BCUT2D eigenvalue weighted by Gasteiger charge is -2.22. The van der Waals surface area contributed by atoms with Crippen LogP contribution in [0.4, 0.5) is 0 Å². The number of hydrogen-bond donors (Lipinski definition) is 1. The molecule has 1 N–H and O–H groups in total. The van der Waals surface area contributed by atoms with E-state index in [2.05, 4.69) is 9.72 Å². The van der Waals surface area contributed by atoms with Crippen LogP contribution in [0.1, 0.15) is 33.9 Å². The average molecular weight is 405 g/mol. The van der Waals surface area contributed by atoms with E-state index in [0.717, 1.165) is 27.8 Å². The molecule has 3 atom stereocenters. The van der Waals surface area contributed by atoms with Gasteiger partial charge in [0.15, 0.2) is 6.61 Å². The summed E-state index contributed by atoms with van der Waals surface area (Å²) in [5.41, 5.74) is 4.95. The number of ether oxygens (including phenoxy) is 2. The summed E-state index contributed by atoms with van der Waals surface area (Å²) in [5, 5.41) is 0. The third-order valence-corrected chi connectivity index (χ3v) is 5.39. The summed E-state index contributed by atoms with van der Waals surface area (Å²) in [6, 6.07) is 7.76. The molecule has 28 heavy (non-hydrogen) atoms. The number of rotatable bonds is 7. The van der Waals surface area contributed by atoms with Crippen LogP contribution in [0.25, 0.3) is 0 Å². The maximum absolute atomic E-state index is 11.4. The van der Waals surface area contributed by atoms with Crippen LogP contribution in [0.2, 0.25) is 0 Å². The highest BCUT2D eigenvalue weighted by molar-refractivity contribution is 7.74. The molecule has 0 amide bonds. The van der Waals surface area contributed by atoms with E-state index >= 15 is 0 Å². The molecule has 1 aliphatic carbocycles. The molecule has 3 rings (SSSR count). The van der Waals surface area contributed by atoms with Gasteiger partial charge in [0.1, 0.15) is 6.10 Å². The Hall–Kier alpha value is -2.29. The standard InChI is InChI=1S/C20H23NO6S/c1-12-4-6-14(7-5-12)19(27-28(23)24)15-8-16-10-21-20(13(2)17(16)9-15)26-11-18(22)25-3/h4-7,10,15,19H,8-9,11H2,1-3H3,(H,23,24). The third-order valence-electron chi connectivity index (χ3n) is 5.02. The fourth-order valence-corrected chi connectivity index (χ4v) is 4.00. The molecule has 1 aromatic heterocycles. The van der Waals surface area contributed by atoms with Crippen molar-refractivity contribution in [1.29, 1.82) is 0 Å². The van der Waals surface area contributed by atoms with Crippen LogP contribution in [0.3, 0.4) is 0 Å². The number of benzene rings is 1. The van der Waals surface area contributed by atoms with Gasteiger partial charge in [-0.15, -0.1) is 0 Å². The number of aryl methyl sites for hydroxylation is 1. The normalized spacial score (nSPS) is 17.6. The summed E-state index contributed by atoms with van der Waals surface area (Å²) in [4.78, 5) is 15.6. The van der Waals surface area contributed by atoms with Gasteiger partial charge in [-0.1, -0.05) is 29.8 Å². The highest BCUT2D eigenvalue weighted by atomic mass is 32.2. The monoisotopic (exact) mass is 405 g/mol. The van der Waals surface area contributed by atoms with Crippen LogP contribution in [0, 0.1) is 19.8 Å². The van der Waals surface area contributed by atoms with Crippen LogP contribution < -0.4 is 4.74 Å². The van der Waals surface area contributed by atoms with Gasteiger partial charge >= 0.3 is 17.3 Å². The van der Waals surface area contributed by atoms with Crippen LogP contribution in [-0.4, -0.2) is 33.4 Å². The van der Waals surface area contributed by atoms with Crippen molar-refractivity contribution in [2.75, 3.05) is 13.7 Å². The van der Waals surface area contributed by atoms with E-state index in [0.29, 0.717) is 18.7 Å². The third kappa shape index (κ3) is 4.57. The molecular formula is C20H23NO6S. The number of nitrogens with zero attached hydrogens (tertiary/aromatic N) is 1. The van der Waals surface area contributed by atoms with Crippen molar-refractivity contribution in [3.8, 4) is 5.88 Å². The van der Waals surface area contributed by atoms with E-state index in [1.807, 2.05) is 38.1 Å². The zero-order valence-corrected chi connectivity index (χ0v) is 16.8. The number of hydrogen-bond acceptors (Lipinski definition) is 6. The molecule has 0 saturated carbocycles. The fraction of sp³-hybridized carbons (Fsp3) is 0.400. The van der Waals surface area contributed by atoms with Gasteiger partial charge in [-0.2, -0.15) is 4.21 Å². The molecule has 0 radical (unpaired) electrons. The molecule has 0 saturated heterocycles. The molecule has 150 valence electrons. The predicted molar refractivity (Wildman–Crippen MR) is 103 cm³/mol. The Balaban J connectivity index is 1.82. The number of carbonyl (C=O) groups excluding carboxylic acids is 1. The number of fused-ring (bicyclic) bond motifs is 1. The van der Waals surface area contributed by atoms with E-state index in [9.17, 15) is 13.6 Å². The molecule has 1 aliphatic rings. The van der Waals surface area contributed by atoms with Gasteiger partial charge in [0.25, 0.3) is 0 Å². The van der Waals surface area contributed by atoms with E-state index in [1.165, 1.54) is 7.11 Å². The molecule has 7 nitrogen and oxygen atoms in total. The molecule has 0 aliphatic heterocycles. The highest BCUT2D eigenvalue weighted by Crippen LogP contribution is 2.40. The van der Waals surface area contributed by atoms with E-state index in [4.69, 9.17) is 8.92 Å². The van der Waals surface area contributed by atoms with Crippen LogP contribution >= 0.6 is 0 Å². The molecule has 1 aromatic carbocycles. The fourth-order valence-electron chi connectivity index (χ4n) is 3.56. The lowest BCUT2D eigenvalue weighted by Crippen LogP contribution is -2.18. The van der Waals surface area contributed by atoms with Gasteiger partial charge in [0, 0.05) is 11.8 Å². The zero-order valence-electron chi connectivity index (χ0n) is 16.0. The van der Waals surface area contributed by atoms with Gasteiger partial charge in [-0.25, -0.2) is 9.78 Å². The first kappa shape index (κ1) is 20.4. The Labute approximate surface area is 166 Å². The van der Waals surface area contributed by atoms with Crippen molar-refractivity contribution < 1.29 is 27.2 Å². The van der Waals surface area contributed by atoms with Crippen molar-refractivity contribution in [3.05, 3.63) is 58.3 Å². The van der Waals surface area contributed by atoms with Gasteiger partial charge < -0.3 is 9.47 Å². The maximum atomic E-state index is 11.4. The summed E-state index contributed by atoms with van der Waals surface area (Å²) in [7, 11) is 1.30. The molecule has 8 heteroatoms. The van der Waals surface area contributed by atoms with Crippen molar-refractivity contribution in [2.24, 2.45) is 5.92 Å². The van der Waals surface area contributed by atoms with Crippen molar-refractivity contribution >= 4 is 17.3 Å². The smallest absolute Gasteiger partial charge is 0.343 e. The summed E-state index contributed by atoms with van der Waals surface area (Å²) in [6.07, 6.45) is 2.55. The second-order valence-electron chi connectivity index (χ2n) is 6.87. The van der Waals surface area contributed by atoms with E-state index in [-0.39, 0.29) is 12.5 Å². The van der Waals surface area contributed by atoms with Gasteiger partial charge in [0.2, 0.25) is 5.88 Å². The topological polar surface area (TPSA) is 95.0 Å². The van der Waals surface area contributed by atoms with Crippen molar-refractivity contribution in [3.63, 3.8) is 0 Å². The molecule has 0 spiro atoms. The minimum Gasteiger partial charge on any atom is -0.466 e. The number of pyridine rings is 1. The largest absolute Gasteiger partial charge is 0.466 e. The van der Waals surface area contributed by atoms with E-state index in [1.54, 1.807) is 6.20 Å². The first-order chi connectivity index (χ1) is 13.4. The van der Waals surface area contributed by atoms with Gasteiger partial charge in [0.05, 0.1) is 7.11 Å². The minimum absolute atomic E-state index is 0.00911. The van der Waals surface area contributed by atoms with Crippen LogP contribution in [-0.2, 0) is 37.9 Å². The lowest BCUT2D eigenvalue weighted by atomic mass is 9.92. The molecule has 2 aromatic rings. The Morgan fingerprint density at radius 2 is 2.00 bits per heavy atom. The zero-order chi connectivity index (χ0) is 20.3.